The lowest BCUT2D eigenvalue weighted by atomic mass is 10.1. The normalized spacial score (nSPS) is 12.0. The number of esters is 1. The van der Waals surface area contributed by atoms with E-state index in [0.29, 0.717) is 15.8 Å². The minimum Gasteiger partial charge on any atom is -0.496 e. The summed E-state index contributed by atoms with van der Waals surface area (Å²) in [6, 6.07) is 5.06. The van der Waals surface area contributed by atoms with Gasteiger partial charge in [0.1, 0.15) is 5.75 Å². The molecule has 0 saturated carbocycles. The number of rotatable bonds is 4. The third-order valence-corrected chi connectivity index (χ3v) is 2.87. The number of aliphatic hydroxyl groups is 1. The number of halogens is 1. The second kappa shape index (κ2) is 5.86. The molecule has 1 atom stereocenters. The van der Waals surface area contributed by atoms with E-state index in [2.05, 4.69) is 15.9 Å². The Labute approximate surface area is 102 Å². The van der Waals surface area contributed by atoms with Crippen molar-refractivity contribution in [2.45, 2.75) is 13.0 Å². The summed E-state index contributed by atoms with van der Waals surface area (Å²) in [6.07, 6.45) is -1.30. The molecule has 1 N–H and O–H groups in total. The van der Waals surface area contributed by atoms with Crippen molar-refractivity contribution in [3.8, 4) is 5.75 Å². The Morgan fingerprint density at radius 3 is 2.81 bits per heavy atom. The van der Waals surface area contributed by atoms with Gasteiger partial charge in [-0.05, 0) is 28.9 Å². The van der Waals surface area contributed by atoms with Crippen LogP contribution >= 0.6 is 15.9 Å². The summed E-state index contributed by atoms with van der Waals surface area (Å²) < 4.78 is 10.4. The zero-order valence-corrected chi connectivity index (χ0v) is 10.7. The molecular formula is C11H13BrO4. The second-order valence-electron chi connectivity index (χ2n) is 3.02. The second-order valence-corrected chi connectivity index (χ2v) is 3.81. The van der Waals surface area contributed by atoms with Crippen LogP contribution < -0.4 is 4.74 Å². The molecule has 0 bridgehead atoms. The van der Waals surface area contributed by atoms with Gasteiger partial charge in [-0.2, -0.15) is 0 Å². The summed E-state index contributed by atoms with van der Waals surface area (Å²) in [5, 5.41) is 9.76. The highest BCUT2D eigenvalue weighted by atomic mass is 79.9. The van der Waals surface area contributed by atoms with Gasteiger partial charge in [-0.25, -0.2) is 4.79 Å². The molecule has 0 fully saturated rings. The van der Waals surface area contributed by atoms with E-state index in [-0.39, 0.29) is 6.61 Å². The Balaban J connectivity index is 2.99. The number of benzene rings is 1. The SMILES string of the molecule is CCOC(=O)C(O)c1cccc(OC)c1Br. The van der Waals surface area contributed by atoms with Crippen molar-refractivity contribution in [1.82, 2.24) is 0 Å². The van der Waals surface area contributed by atoms with Crippen LogP contribution in [0.1, 0.15) is 18.6 Å². The number of aliphatic hydroxyl groups excluding tert-OH is 1. The molecule has 0 heterocycles. The predicted molar refractivity (Wildman–Crippen MR) is 62.3 cm³/mol. The monoisotopic (exact) mass is 288 g/mol. The fourth-order valence-electron chi connectivity index (χ4n) is 1.24. The maximum Gasteiger partial charge on any atom is 0.339 e. The molecule has 88 valence electrons. The van der Waals surface area contributed by atoms with E-state index in [0.717, 1.165) is 0 Å². The van der Waals surface area contributed by atoms with E-state index in [1.165, 1.54) is 7.11 Å². The molecule has 0 aromatic heterocycles. The first-order chi connectivity index (χ1) is 7.61. The third kappa shape index (κ3) is 2.74. The van der Waals surface area contributed by atoms with E-state index in [1.807, 2.05) is 0 Å². The lowest BCUT2D eigenvalue weighted by molar-refractivity contribution is -0.153. The van der Waals surface area contributed by atoms with Crippen LogP contribution in [0.15, 0.2) is 22.7 Å². The molecule has 0 radical (unpaired) electrons. The minimum atomic E-state index is -1.30. The molecule has 0 spiro atoms. The molecule has 0 aliphatic heterocycles. The predicted octanol–water partition coefficient (Wildman–Crippen LogP) is 2.05. The number of carbonyl (C=O) groups excluding carboxylic acids is 1. The van der Waals surface area contributed by atoms with Gasteiger partial charge in [-0.15, -0.1) is 0 Å². The van der Waals surface area contributed by atoms with Gasteiger partial charge in [0.15, 0.2) is 6.10 Å². The lowest BCUT2D eigenvalue weighted by Crippen LogP contribution is -2.15. The van der Waals surface area contributed by atoms with Crippen LogP contribution in [0.3, 0.4) is 0 Å². The average Bonchev–Trinajstić information content (AvgIpc) is 2.29. The molecule has 1 unspecified atom stereocenters. The first-order valence-electron chi connectivity index (χ1n) is 4.78. The standard InChI is InChI=1S/C11H13BrO4/c1-3-16-11(14)10(13)7-5-4-6-8(15-2)9(7)12/h4-6,10,13H,3H2,1-2H3. The summed E-state index contributed by atoms with van der Waals surface area (Å²) in [4.78, 5) is 11.4. The first-order valence-corrected chi connectivity index (χ1v) is 5.58. The Hall–Kier alpha value is -1.07. The van der Waals surface area contributed by atoms with Crippen molar-refractivity contribution in [3.63, 3.8) is 0 Å². The van der Waals surface area contributed by atoms with Gasteiger partial charge in [-0.3, -0.25) is 0 Å². The quantitative estimate of drug-likeness (QED) is 0.862. The lowest BCUT2D eigenvalue weighted by Gasteiger charge is -2.13. The summed E-state index contributed by atoms with van der Waals surface area (Å²) >= 11 is 3.27. The fraction of sp³-hybridized carbons (Fsp3) is 0.364. The van der Waals surface area contributed by atoms with Gasteiger partial charge in [0, 0.05) is 5.56 Å². The average molecular weight is 289 g/mol. The Morgan fingerprint density at radius 1 is 1.56 bits per heavy atom. The van der Waals surface area contributed by atoms with Crippen LogP contribution in [-0.2, 0) is 9.53 Å². The summed E-state index contributed by atoms with van der Waals surface area (Å²) in [5.74, 6) is -0.114. The van der Waals surface area contributed by atoms with Crippen molar-refractivity contribution >= 4 is 21.9 Å². The molecule has 5 heteroatoms. The van der Waals surface area contributed by atoms with Crippen LogP contribution in [0.25, 0.3) is 0 Å². The van der Waals surface area contributed by atoms with Crippen LogP contribution in [-0.4, -0.2) is 24.8 Å². The van der Waals surface area contributed by atoms with Crippen molar-refractivity contribution in [3.05, 3.63) is 28.2 Å². The maximum absolute atomic E-state index is 11.4. The Kier molecular flexibility index (Phi) is 4.76. The topological polar surface area (TPSA) is 55.8 Å². The number of hydrogen-bond acceptors (Lipinski definition) is 4. The first kappa shape index (κ1) is 13.0. The minimum absolute atomic E-state index is 0.234. The highest BCUT2D eigenvalue weighted by Crippen LogP contribution is 2.32. The molecular weight excluding hydrogens is 276 g/mol. The Morgan fingerprint density at radius 2 is 2.25 bits per heavy atom. The van der Waals surface area contributed by atoms with Gasteiger partial charge < -0.3 is 14.6 Å². The molecule has 0 saturated heterocycles. The van der Waals surface area contributed by atoms with Crippen LogP contribution in [0.4, 0.5) is 0 Å². The number of methoxy groups -OCH3 is 1. The van der Waals surface area contributed by atoms with Gasteiger partial charge in [0.05, 0.1) is 18.2 Å². The summed E-state index contributed by atoms with van der Waals surface area (Å²) in [5.41, 5.74) is 0.429. The molecule has 0 amide bonds. The third-order valence-electron chi connectivity index (χ3n) is 2.02. The van der Waals surface area contributed by atoms with Gasteiger partial charge in [0.25, 0.3) is 0 Å². The maximum atomic E-state index is 11.4. The van der Waals surface area contributed by atoms with E-state index >= 15 is 0 Å². The molecule has 4 nitrogen and oxygen atoms in total. The molecule has 16 heavy (non-hydrogen) atoms. The Bertz CT molecular complexity index is 378. The number of hydrogen-bond donors (Lipinski definition) is 1. The largest absolute Gasteiger partial charge is 0.496 e. The van der Waals surface area contributed by atoms with E-state index in [1.54, 1.807) is 25.1 Å². The zero-order chi connectivity index (χ0) is 12.1. The van der Waals surface area contributed by atoms with E-state index < -0.39 is 12.1 Å². The summed E-state index contributed by atoms with van der Waals surface area (Å²) in [7, 11) is 1.51. The van der Waals surface area contributed by atoms with Crippen molar-refractivity contribution < 1.29 is 19.4 Å². The van der Waals surface area contributed by atoms with Gasteiger partial charge >= 0.3 is 5.97 Å². The molecule has 0 aliphatic carbocycles. The molecule has 1 aromatic rings. The van der Waals surface area contributed by atoms with Crippen molar-refractivity contribution in [2.75, 3.05) is 13.7 Å². The highest BCUT2D eigenvalue weighted by molar-refractivity contribution is 9.10. The number of ether oxygens (including phenoxy) is 2. The zero-order valence-electron chi connectivity index (χ0n) is 9.07. The summed E-state index contributed by atoms with van der Waals surface area (Å²) in [6.45, 7) is 1.92. The van der Waals surface area contributed by atoms with Crippen LogP contribution in [0.2, 0.25) is 0 Å². The highest BCUT2D eigenvalue weighted by Gasteiger charge is 2.22. The molecule has 0 aliphatic rings. The van der Waals surface area contributed by atoms with E-state index in [4.69, 9.17) is 9.47 Å². The molecule has 1 rings (SSSR count). The van der Waals surface area contributed by atoms with Gasteiger partial charge in [-0.1, -0.05) is 12.1 Å². The van der Waals surface area contributed by atoms with Gasteiger partial charge in [0.2, 0.25) is 0 Å². The van der Waals surface area contributed by atoms with Crippen LogP contribution in [0.5, 0.6) is 5.75 Å². The van der Waals surface area contributed by atoms with Crippen molar-refractivity contribution in [1.29, 1.82) is 0 Å². The van der Waals surface area contributed by atoms with Crippen molar-refractivity contribution in [2.24, 2.45) is 0 Å². The van der Waals surface area contributed by atoms with E-state index in [9.17, 15) is 9.90 Å². The number of carbonyl (C=O) groups is 1. The smallest absolute Gasteiger partial charge is 0.339 e. The molecule has 1 aromatic carbocycles. The fourth-order valence-corrected chi connectivity index (χ4v) is 1.89. The van der Waals surface area contributed by atoms with Crippen LogP contribution in [0, 0.1) is 0 Å².